The van der Waals surface area contributed by atoms with Gasteiger partial charge in [0.05, 0.1) is 0 Å². The van der Waals surface area contributed by atoms with Crippen molar-refractivity contribution in [1.82, 2.24) is 0 Å². The molecular formula is AgBiCoCuNi. The Kier molecular flexibility index (Phi) is 230. The Hall–Kier alpha value is 3.14. The van der Waals surface area contributed by atoms with Gasteiger partial charge in [0, 0.05) is 98.9 Å². The van der Waals surface area contributed by atoms with E-state index in [9.17, 15) is 0 Å². The van der Waals surface area contributed by atoms with E-state index < -0.39 is 0 Å². The summed E-state index contributed by atoms with van der Waals surface area (Å²) in [5.41, 5.74) is 0. The van der Waals surface area contributed by atoms with Gasteiger partial charge in [-0.2, -0.15) is 0 Å². The molecule has 0 saturated heterocycles. The molecule has 0 N–H and O–H groups in total. The summed E-state index contributed by atoms with van der Waals surface area (Å²) >= 11 is 0. The molecule has 5 heavy (non-hydrogen) atoms. The van der Waals surface area contributed by atoms with Gasteiger partial charge in [-0.15, -0.1) is 0 Å². The van der Waals surface area contributed by atoms with Crippen LogP contribution in [-0.4, -0.2) is 26.2 Å². The molecule has 0 fully saturated rings. The normalized spacial score (nSPS) is 0. The van der Waals surface area contributed by atoms with Gasteiger partial charge in [0.1, 0.15) is 0 Å². The average molecular weight is 498 g/mol. The summed E-state index contributed by atoms with van der Waals surface area (Å²) in [5.74, 6) is 0. The Morgan fingerprint density at radius 1 is 1.00 bits per heavy atom. The average Bonchev–Trinajstić information content (AvgIpc) is 0. The summed E-state index contributed by atoms with van der Waals surface area (Å²) in [6, 6.07) is 0. The second-order valence-electron chi connectivity index (χ2n) is 0. The predicted molar refractivity (Wildman–Crippen MR) is 5.75 cm³/mol. The van der Waals surface area contributed by atoms with Gasteiger partial charge in [-0.1, -0.05) is 0 Å². The van der Waals surface area contributed by atoms with Crippen molar-refractivity contribution >= 4 is 26.2 Å². The zero-order valence-corrected chi connectivity index (χ0v) is 9.63. The van der Waals surface area contributed by atoms with Crippen molar-refractivity contribution in [2.45, 2.75) is 0 Å². The van der Waals surface area contributed by atoms with Crippen molar-refractivity contribution in [3.8, 4) is 0 Å². The van der Waals surface area contributed by atoms with Gasteiger partial charge in [0.25, 0.3) is 0 Å². The van der Waals surface area contributed by atoms with Crippen molar-refractivity contribution in [3.05, 3.63) is 0 Å². The summed E-state index contributed by atoms with van der Waals surface area (Å²) in [7, 11) is 0. The van der Waals surface area contributed by atoms with E-state index in [4.69, 9.17) is 0 Å². The molecular weight excluding hydrogens is 498 g/mol. The van der Waals surface area contributed by atoms with E-state index in [1.807, 2.05) is 0 Å². The third-order valence-corrected chi connectivity index (χ3v) is 0. The summed E-state index contributed by atoms with van der Waals surface area (Å²) in [6.45, 7) is 0. The molecule has 0 spiro atoms. The van der Waals surface area contributed by atoms with Crippen LogP contribution in [0.15, 0.2) is 0 Å². The van der Waals surface area contributed by atoms with Crippen LogP contribution in [0.2, 0.25) is 0 Å². The smallest absolute Gasteiger partial charge is 0 e. The first-order valence-electron chi connectivity index (χ1n) is 0. The Morgan fingerprint density at radius 3 is 1.00 bits per heavy atom. The molecule has 0 aromatic heterocycles. The largest absolute Gasteiger partial charge is 0 e. The van der Waals surface area contributed by atoms with Gasteiger partial charge in [-0.25, -0.2) is 0 Å². The molecule has 0 bridgehead atoms. The minimum atomic E-state index is 0. The molecule has 0 rings (SSSR count). The van der Waals surface area contributed by atoms with Crippen molar-refractivity contribution in [2.24, 2.45) is 0 Å². The third-order valence-electron chi connectivity index (χ3n) is 0. The molecule has 0 aliphatic rings. The fourth-order valence-corrected chi connectivity index (χ4v) is 0. The van der Waals surface area contributed by atoms with Crippen LogP contribution in [0.5, 0.6) is 0 Å². The van der Waals surface area contributed by atoms with Crippen LogP contribution >= 0.6 is 0 Å². The second-order valence-corrected chi connectivity index (χ2v) is 0. The number of hydrogen-bond acceptors (Lipinski definition) is 0. The summed E-state index contributed by atoms with van der Waals surface area (Å²) in [5, 5.41) is 0. The van der Waals surface area contributed by atoms with Crippen molar-refractivity contribution < 1.29 is 72.7 Å². The number of hydrogen-bond donors (Lipinski definition) is 0. The molecule has 0 aromatic carbocycles. The van der Waals surface area contributed by atoms with E-state index >= 15 is 0 Å². The first-order valence-corrected chi connectivity index (χ1v) is 0. The van der Waals surface area contributed by atoms with E-state index in [1.165, 1.54) is 0 Å². The molecule has 0 saturated carbocycles. The first-order chi connectivity index (χ1) is 0. The standard InChI is InChI=1S/Ag.Bi.Co.Cu.Ni. The first kappa shape index (κ1) is 42.1. The van der Waals surface area contributed by atoms with Crippen LogP contribution in [0, 0.1) is 0 Å². The van der Waals surface area contributed by atoms with Gasteiger partial charge < -0.3 is 0 Å². The van der Waals surface area contributed by atoms with Gasteiger partial charge in [-0.05, 0) is 0 Å². The van der Waals surface area contributed by atoms with Gasteiger partial charge in [0.15, 0.2) is 0 Å². The molecule has 6 radical (unpaired) electrons. The maximum Gasteiger partial charge on any atom is 0 e. The third kappa shape index (κ3) is 19.1. The molecule has 0 heterocycles. The van der Waals surface area contributed by atoms with E-state index in [2.05, 4.69) is 0 Å². The maximum atomic E-state index is 0. The maximum absolute atomic E-state index is 0. The van der Waals surface area contributed by atoms with Crippen LogP contribution in [0.3, 0.4) is 0 Å². The molecule has 0 atom stereocenters. The topological polar surface area (TPSA) is 0 Å². The van der Waals surface area contributed by atoms with Crippen LogP contribution in [0.4, 0.5) is 0 Å². The SMILES string of the molecule is [Ag].[Bi].[Co].[Cu].[Ni]. The van der Waals surface area contributed by atoms with E-state index in [1.54, 1.807) is 0 Å². The molecule has 0 aliphatic carbocycles. The molecule has 0 nitrogen and oxygen atoms in total. The van der Waals surface area contributed by atoms with Crippen molar-refractivity contribution in [3.63, 3.8) is 0 Å². The fraction of sp³-hybridized carbons (Fsp3) is 0. The Bertz CT molecular complexity index is 11.6. The van der Waals surface area contributed by atoms with Crippen LogP contribution in [0.25, 0.3) is 0 Å². The molecule has 0 aliphatic heterocycles. The minimum absolute atomic E-state index is 0. The molecule has 0 amide bonds. The van der Waals surface area contributed by atoms with E-state index in [-0.39, 0.29) is 98.9 Å². The Labute approximate surface area is 97.2 Å². The van der Waals surface area contributed by atoms with Crippen molar-refractivity contribution in [1.29, 1.82) is 0 Å². The predicted octanol–water partition coefficient (Wildman–Crippen LogP) is -0.391. The van der Waals surface area contributed by atoms with Gasteiger partial charge in [0.2, 0.25) is 0 Å². The van der Waals surface area contributed by atoms with Crippen LogP contribution in [-0.2, 0) is 72.7 Å². The molecule has 0 aromatic rings. The van der Waals surface area contributed by atoms with Gasteiger partial charge >= 0.3 is 0 Å². The number of rotatable bonds is 0. The van der Waals surface area contributed by atoms with Crippen LogP contribution in [0.1, 0.15) is 0 Å². The van der Waals surface area contributed by atoms with Gasteiger partial charge in [-0.3, -0.25) is 0 Å². The second kappa shape index (κ2) is 27.3. The zero-order chi connectivity index (χ0) is 0. The zero-order valence-electron chi connectivity index (χ0n) is 1.70. The van der Waals surface area contributed by atoms with E-state index in [0.717, 1.165) is 0 Å². The minimum Gasteiger partial charge on any atom is 0 e. The van der Waals surface area contributed by atoms with Crippen LogP contribution < -0.4 is 0 Å². The summed E-state index contributed by atoms with van der Waals surface area (Å²) in [4.78, 5) is 0. The Balaban J connectivity index is 0. The molecule has 0 unspecified atom stereocenters. The fourth-order valence-electron chi connectivity index (χ4n) is 0. The summed E-state index contributed by atoms with van der Waals surface area (Å²) < 4.78 is 0. The Morgan fingerprint density at radius 2 is 1.00 bits per heavy atom. The van der Waals surface area contributed by atoms with Crippen molar-refractivity contribution in [2.75, 3.05) is 0 Å². The monoisotopic (exact) mass is 496 g/mol. The summed E-state index contributed by atoms with van der Waals surface area (Å²) in [6.07, 6.45) is 0. The quantitative estimate of drug-likeness (QED) is 0.400. The molecule has 46 valence electrons. The van der Waals surface area contributed by atoms with E-state index in [0.29, 0.717) is 0 Å². The molecule has 5 heteroatoms.